The molecule has 24 heavy (non-hydrogen) atoms. The maximum absolute atomic E-state index is 9.34. The predicted molar refractivity (Wildman–Crippen MR) is 92.0 cm³/mol. The van der Waals surface area contributed by atoms with Gasteiger partial charge >= 0.3 is 0 Å². The van der Waals surface area contributed by atoms with Gasteiger partial charge in [-0.2, -0.15) is 5.26 Å². The van der Waals surface area contributed by atoms with Gasteiger partial charge in [0.2, 0.25) is 0 Å². The van der Waals surface area contributed by atoms with E-state index in [0.29, 0.717) is 17.1 Å². The van der Waals surface area contributed by atoms with E-state index in [9.17, 15) is 5.26 Å². The zero-order chi connectivity index (χ0) is 16.4. The third kappa shape index (κ3) is 2.46. The number of pyridine rings is 1. The van der Waals surface area contributed by atoms with E-state index in [2.05, 4.69) is 27.5 Å². The third-order valence-corrected chi connectivity index (χ3v) is 3.70. The summed E-state index contributed by atoms with van der Waals surface area (Å²) in [5.74, 6) is 0.639. The molecule has 2 aromatic heterocycles. The Bertz CT molecular complexity index is 1040. The molecule has 4 rings (SSSR count). The first-order chi connectivity index (χ1) is 11.8. The molecule has 0 spiro atoms. The number of benzene rings is 2. The molecule has 0 saturated heterocycles. The third-order valence-electron chi connectivity index (χ3n) is 3.70. The summed E-state index contributed by atoms with van der Waals surface area (Å²) in [5.41, 5.74) is 7.12. The number of rotatable bonds is 3. The Kier molecular flexibility index (Phi) is 3.41. The summed E-state index contributed by atoms with van der Waals surface area (Å²) in [6, 6.07) is 23.9. The van der Waals surface area contributed by atoms with Crippen LogP contribution in [0.1, 0.15) is 5.56 Å². The molecule has 5 nitrogen and oxygen atoms in total. The molecule has 2 aromatic carbocycles. The molecule has 5 heteroatoms. The Balaban J connectivity index is 1.76. The first-order valence-electron chi connectivity index (χ1n) is 7.42. The first-order valence-corrected chi connectivity index (χ1v) is 7.42. The van der Waals surface area contributed by atoms with Gasteiger partial charge in [-0.15, -0.1) is 0 Å². The van der Waals surface area contributed by atoms with E-state index in [1.807, 2.05) is 53.2 Å². The van der Waals surface area contributed by atoms with Crippen LogP contribution in [0.2, 0.25) is 0 Å². The Morgan fingerprint density at radius 3 is 2.71 bits per heavy atom. The normalized spacial score (nSPS) is 10.5. The van der Waals surface area contributed by atoms with Crippen LogP contribution in [0.3, 0.4) is 0 Å². The van der Waals surface area contributed by atoms with Crippen LogP contribution in [0, 0.1) is 17.4 Å². The van der Waals surface area contributed by atoms with E-state index in [-0.39, 0.29) is 0 Å². The van der Waals surface area contributed by atoms with E-state index in [0.717, 1.165) is 16.6 Å². The van der Waals surface area contributed by atoms with Crippen LogP contribution >= 0.6 is 0 Å². The highest BCUT2D eigenvalue weighted by Gasteiger charge is 2.09. The molecule has 0 aliphatic rings. The van der Waals surface area contributed by atoms with E-state index in [4.69, 9.17) is 0 Å². The van der Waals surface area contributed by atoms with Crippen molar-refractivity contribution in [1.82, 2.24) is 14.6 Å². The van der Waals surface area contributed by atoms with Gasteiger partial charge in [0.1, 0.15) is 18.2 Å². The summed E-state index contributed by atoms with van der Waals surface area (Å²) in [4.78, 5) is 8.94. The van der Waals surface area contributed by atoms with Crippen molar-refractivity contribution in [3.05, 3.63) is 78.6 Å². The molecular weight excluding hydrogens is 298 g/mol. The fraction of sp³-hybridized carbons (Fsp3) is 0. The molecule has 2 heterocycles. The number of hydrogen-bond acceptors (Lipinski definition) is 4. The van der Waals surface area contributed by atoms with Crippen molar-refractivity contribution in [2.24, 2.45) is 0 Å². The van der Waals surface area contributed by atoms with Crippen LogP contribution in [0.25, 0.3) is 22.3 Å². The smallest absolute Gasteiger partial charge is 0.145 e. The minimum Gasteiger partial charge on any atom is -0.276 e. The van der Waals surface area contributed by atoms with Gasteiger partial charge in [-0.05, 0) is 30.3 Å². The lowest BCUT2D eigenvalue weighted by Gasteiger charge is -2.10. The van der Waals surface area contributed by atoms with Gasteiger partial charge in [0, 0.05) is 5.56 Å². The van der Waals surface area contributed by atoms with Crippen molar-refractivity contribution in [3.8, 4) is 17.3 Å². The van der Waals surface area contributed by atoms with Crippen molar-refractivity contribution in [2.45, 2.75) is 0 Å². The predicted octanol–water partition coefficient (Wildman–Crippen LogP) is 3.65. The Morgan fingerprint density at radius 2 is 1.88 bits per heavy atom. The van der Waals surface area contributed by atoms with Gasteiger partial charge in [-0.25, -0.2) is 14.6 Å². The van der Waals surface area contributed by atoms with Crippen LogP contribution in [-0.4, -0.2) is 14.6 Å². The van der Waals surface area contributed by atoms with Crippen LogP contribution in [0.5, 0.6) is 0 Å². The number of para-hydroxylation sites is 2. The Morgan fingerprint density at radius 1 is 1.04 bits per heavy atom. The molecule has 0 amide bonds. The highest BCUT2D eigenvalue weighted by Crippen LogP contribution is 2.23. The Labute approximate surface area is 138 Å². The summed E-state index contributed by atoms with van der Waals surface area (Å²) in [6.07, 6.45) is 1.71. The quantitative estimate of drug-likeness (QED) is 0.627. The zero-order valence-electron chi connectivity index (χ0n) is 12.6. The lowest BCUT2D eigenvalue weighted by atomic mass is 10.1. The molecule has 4 aromatic rings. The van der Waals surface area contributed by atoms with Crippen LogP contribution in [0.15, 0.2) is 67.0 Å². The molecule has 1 radical (unpaired) electrons. The second-order valence-electron chi connectivity index (χ2n) is 5.21. The van der Waals surface area contributed by atoms with Crippen molar-refractivity contribution >= 4 is 16.9 Å². The van der Waals surface area contributed by atoms with Crippen molar-refractivity contribution in [3.63, 3.8) is 0 Å². The lowest BCUT2D eigenvalue weighted by Crippen LogP contribution is -2.09. The highest BCUT2D eigenvalue weighted by molar-refractivity contribution is 5.76. The zero-order valence-corrected chi connectivity index (χ0v) is 12.6. The maximum atomic E-state index is 9.34. The van der Waals surface area contributed by atoms with Crippen molar-refractivity contribution in [2.75, 3.05) is 5.43 Å². The number of fused-ring (bicyclic) bond motifs is 1. The molecule has 0 aliphatic heterocycles. The average molecular weight is 310 g/mol. The number of imidazole rings is 1. The maximum Gasteiger partial charge on any atom is 0.145 e. The van der Waals surface area contributed by atoms with Gasteiger partial charge in [-0.3, -0.25) is 5.43 Å². The average Bonchev–Trinajstić information content (AvgIpc) is 3.05. The number of anilines is 1. The van der Waals surface area contributed by atoms with Crippen LogP contribution in [-0.2, 0) is 0 Å². The van der Waals surface area contributed by atoms with E-state index in [1.54, 1.807) is 18.5 Å². The van der Waals surface area contributed by atoms with Gasteiger partial charge in [0.25, 0.3) is 0 Å². The molecule has 0 saturated carbocycles. The van der Waals surface area contributed by atoms with Crippen molar-refractivity contribution in [1.29, 1.82) is 5.26 Å². The van der Waals surface area contributed by atoms with E-state index in [1.165, 1.54) is 0 Å². The number of nitriles is 1. The summed E-state index contributed by atoms with van der Waals surface area (Å²) < 4.78 is 1.81. The number of aromatic nitrogens is 3. The molecule has 0 fully saturated rings. The molecule has 0 unspecified atom stereocenters. The van der Waals surface area contributed by atoms with E-state index >= 15 is 0 Å². The molecule has 0 bridgehead atoms. The minimum absolute atomic E-state index is 0.530. The molecule has 1 N–H and O–H groups in total. The topological polar surface area (TPSA) is 66.5 Å². The fourth-order valence-corrected chi connectivity index (χ4v) is 2.55. The summed E-state index contributed by atoms with van der Waals surface area (Å²) in [5, 5.41) is 9.34. The number of nitrogens with one attached hydrogen (secondary N) is 1. The summed E-state index contributed by atoms with van der Waals surface area (Å²) in [6.45, 7) is 0. The van der Waals surface area contributed by atoms with Gasteiger partial charge in [-0.1, -0.05) is 36.4 Å². The minimum atomic E-state index is 0.530. The fourth-order valence-electron chi connectivity index (χ4n) is 2.55. The summed E-state index contributed by atoms with van der Waals surface area (Å²) >= 11 is 0. The van der Waals surface area contributed by atoms with Gasteiger partial charge in [0.05, 0.1) is 22.3 Å². The molecule has 113 valence electrons. The Hall–Kier alpha value is -3.65. The SMILES string of the molecule is N#Cc1ccc(Nn2cnc3ccccc32)nc1-c1cc[c]cc1. The van der Waals surface area contributed by atoms with Crippen LogP contribution < -0.4 is 5.43 Å². The molecule has 0 aliphatic carbocycles. The lowest BCUT2D eigenvalue weighted by molar-refractivity contribution is 0.970. The van der Waals surface area contributed by atoms with Gasteiger partial charge < -0.3 is 0 Å². The van der Waals surface area contributed by atoms with Crippen LogP contribution in [0.4, 0.5) is 5.82 Å². The van der Waals surface area contributed by atoms with E-state index < -0.39 is 0 Å². The second kappa shape index (κ2) is 5.86. The number of nitrogens with zero attached hydrogens (tertiary/aromatic N) is 4. The highest BCUT2D eigenvalue weighted by atomic mass is 15.4. The van der Waals surface area contributed by atoms with Crippen molar-refractivity contribution < 1.29 is 0 Å². The number of hydrogen-bond donors (Lipinski definition) is 1. The second-order valence-corrected chi connectivity index (χ2v) is 5.21. The molecule has 0 atom stereocenters. The largest absolute Gasteiger partial charge is 0.276 e. The standard InChI is InChI=1S/C19H12N5/c20-12-15-10-11-18(22-19(15)14-6-2-1-3-7-14)23-24-13-21-16-8-4-5-9-17(16)24/h2-11,13H,(H,22,23). The first kappa shape index (κ1) is 14.0. The summed E-state index contributed by atoms with van der Waals surface area (Å²) in [7, 11) is 0. The monoisotopic (exact) mass is 310 g/mol. The van der Waals surface area contributed by atoms with Gasteiger partial charge in [0.15, 0.2) is 0 Å². The molecular formula is C19H12N5.